The summed E-state index contributed by atoms with van der Waals surface area (Å²) in [4.78, 5) is 0. The molecule has 1 aromatic carbocycles. The highest BCUT2D eigenvalue weighted by Crippen LogP contribution is 2.41. The summed E-state index contributed by atoms with van der Waals surface area (Å²) in [5.74, 6) is 0. The van der Waals surface area contributed by atoms with Gasteiger partial charge in [0.15, 0.2) is 0 Å². The summed E-state index contributed by atoms with van der Waals surface area (Å²) < 4.78 is 0. The molecule has 1 aliphatic carbocycles. The first-order valence-corrected chi connectivity index (χ1v) is 5.20. The van der Waals surface area contributed by atoms with Gasteiger partial charge >= 0.3 is 0 Å². The average Bonchev–Trinajstić information content (AvgIpc) is 2.96. The topological polar surface area (TPSA) is 12.0 Å². The first kappa shape index (κ1) is 7.57. The zero-order valence-electron chi connectivity index (χ0n) is 7.84. The van der Waals surface area contributed by atoms with Gasteiger partial charge in [0.05, 0.1) is 0 Å². The van der Waals surface area contributed by atoms with Crippen molar-refractivity contribution >= 4 is 0 Å². The van der Waals surface area contributed by atoms with Crippen molar-refractivity contribution < 1.29 is 0 Å². The van der Waals surface area contributed by atoms with Crippen LogP contribution in [0.4, 0.5) is 0 Å². The highest BCUT2D eigenvalue weighted by molar-refractivity contribution is 5.29. The predicted molar refractivity (Wildman–Crippen MR) is 53.6 cm³/mol. The summed E-state index contributed by atoms with van der Waals surface area (Å²) in [6.45, 7) is 1.08. The molecule has 1 nitrogen and oxygen atoms in total. The third-order valence-corrected chi connectivity index (χ3v) is 3.50. The molecule has 0 bridgehead atoms. The Hall–Kier alpha value is -0.820. The number of hydrogen-bond donors (Lipinski definition) is 1. The van der Waals surface area contributed by atoms with Crippen LogP contribution in [0.3, 0.4) is 0 Å². The van der Waals surface area contributed by atoms with Crippen molar-refractivity contribution in [3.8, 4) is 0 Å². The fraction of sp³-hybridized carbons (Fsp3) is 0.500. The maximum atomic E-state index is 3.69. The maximum Gasteiger partial charge on any atom is 0.0213 e. The van der Waals surface area contributed by atoms with E-state index in [0.717, 1.165) is 6.54 Å². The van der Waals surface area contributed by atoms with E-state index in [4.69, 9.17) is 0 Å². The van der Waals surface area contributed by atoms with Crippen LogP contribution in [0.2, 0.25) is 0 Å². The van der Waals surface area contributed by atoms with Gasteiger partial charge in [0.25, 0.3) is 0 Å². The van der Waals surface area contributed by atoms with E-state index in [-0.39, 0.29) is 0 Å². The summed E-state index contributed by atoms with van der Waals surface area (Å²) in [5.41, 5.74) is 3.60. The molecule has 1 aromatic rings. The van der Waals surface area contributed by atoms with Crippen molar-refractivity contribution in [3.05, 3.63) is 35.4 Å². The van der Waals surface area contributed by atoms with Crippen LogP contribution < -0.4 is 5.32 Å². The molecule has 1 aliphatic heterocycles. The lowest BCUT2D eigenvalue weighted by Crippen LogP contribution is -2.28. The van der Waals surface area contributed by atoms with Gasteiger partial charge in [-0.15, -0.1) is 0 Å². The average molecular weight is 173 g/mol. The molecule has 1 spiro atoms. The second kappa shape index (κ2) is 2.58. The van der Waals surface area contributed by atoms with Gasteiger partial charge < -0.3 is 5.32 Å². The van der Waals surface area contributed by atoms with E-state index < -0.39 is 0 Å². The molecule has 3 rings (SSSR count). The third kappa shape index (κ3) is 1.28. The lowest BCUT2D eigenvalue weighted by molar-refractivity contribution is 0.481. The minimum absolute atomic E-state index is 0.541. The quantitative estimate of drug-likeness (QED) is 0.634. The Morgan fingerprint density at radius 3 is 2.54 bits per heavy atom. The Kier molecular flexibility index (Phi) is 1.50. The van der Waals surface area contributed by atoms with Crippen LogP contribution in [0.15, 0.2) is 24.3 Å². The van der Waals surface area contributed by atoms with Gasteiger partial charge in [0, 0.05) is 12.1 Å². The van der Waals surface area contributed by atoms with E-state index in [9.17, 15) is 0 Å². The number of benzene rings is 1. The van der Waals surface area contributed by atoms with Gasteiger partial charge in [-0.3, -0.25) is 0 Å². The van der Waals surface area contributed by atoms with Crippen LogP contribution in [0.1, 0.15) is 30.4 Å². The summed E-state index contributed by atoms with van der Waals surface area (Å²) in [7, 11) is 0. The van der Waals surface area contributed by atoms with E-state index in [1.165, 1.54) is 31.2 Å². The van der Waals surface area contributed by atoms with E-state index >= 15 is 0 Å². The monoisotopic (exact) mass is 173 g/mol. The Morgan fingerprint density at radius 1 is 1.00 bits per heavy atom. The third-order valence-electron chi connectivity index (χ3n) is 3.50. The molecule has 68 valence electrons. The van der Waals surface area contributed by atoms with Crippen molar-refractivity contribution in [1.29, 1.82) is 0 Å². The van der Waals surface area contributed by atoms with Gasteiger partial charge in [-0.2, -0.15) is 0 Å². The van der Waals surface area contributed by atoms with E-state index in [2.05, 4.69) is 29.6 Å². The largest absolute Gasteiger partial charge is 0.307 e. The molecule has 1 heterocycles. The number of nitrogens with one attached hydrogen (secondary N) is 1. The van der Waals surface area contributed by atoms with Gasteiger partial charge in [-0.05, 0) is 36.8 Å². The molecule has 0 amide bonds. The van der Waals surface area contributed by atoms with Crippen molar-refractivity contribution in [2.45, 2.75) is 37.8 Å². The van der Waals surface area contributed by atoms with Crippen molar-refractivity contribution in [2.75, 3.05) is 0 Å². The molecule has 2 aliphatic rings. The Labute approximate surface area is 79.2 Å². The minimum atomic E-state index is 0.541. The fourth-order valence-electron chi connectivity index (χ4n) is 2.30. The smallest absolute Gasteiger partial charge is 0.0213 e. The molecule has 0 radical (unpaired) electrons. The highest BCUT2D eigenvalue weighted by Gasteiger charge is 2.42. The zero-order valence-corrected chi connectivity index (χ0v) is 7.84. The van der Waals surface area contributed by atoms with Crippen molar-refractivity contribution in [3.63, 3.8) is 0 Å². The molecule has 0 unspecified atom stereocenters. The second-order valence-electron chi connectivity index (χ2n) is 4.40. The van der Waals surface area contributed by atoms with E-state index in [0.29, 0.717) is 5.54 Å². The Balaban J connectivity index is 1.92. The molecule has 1 saturated carbocycles. The summed E-state index contributed by atoms with van der Waals surface area (Å²) in [6.07, 6.45) is 5.38. The second-order valence-corrected chi connectivity index (χ2v) is 4.40. The molecule has 0 saturated heterocycles. The summed E-state index contributed by atoms with van der Waals surface area (Å²) in [5, 5.41) is 3.69. The summed E-state index contributed by atoms with van der Waals surface area (Å²) in [6, 6.07) is 8.83. The molecule has 13 heavy (non-hydrogen) atoms. The lowest BCUT2D eigenvalue weighted by atomic mass is 10.0. The van der Waals surface area contributed by atoms with Gasteiger partial charge in [-0.25, -0.2) is 0 Å². The Bertz CT molecular complexity index is 297. The van der Waals surface area contributed by atoms with Crippen LogP contribution >= 0.6 is 0 Å². The predicted octanol–water partition coefficient (Wildman–Crippen LogP) is 2.25. The molecule has 1 heteroatoms. The van der Waals surface area contributed by atoms with Crippen LogP contribution in [0, 0.1) is 0 Å². The SMILES string of the molecule is c1ccc2c(c1)CCC1(CC1)NC2. The standard InChI is InChI=1S/C12H15N/c1-2-4-11-9-13-12(7-8-12)6-5-10(11)3-1/h1-4,13H,5-9H2. The Morgan fingerprint density at radius 2 is 1.77 bits per heavy atom. The van der Waals surface area contributed by atoms with Crippen molar-refractivity contribution in [1.82, 2.24) is 5.32 Å². The minimum Gasteiger partial charge on any atom is -0.307 e. The molecule has 1 N–H and O–H groups in total. The normalized spacial score (nSPS) is 23.7. The van der Waals surface area contributed by atoms with Crippen LogP contribution in [-0.4, -0.2) is 5.54 Å². The molecule has 0 aromatic heterocycles. The van der Waals surface area contributed by atoms with Gasteiger partial charge in [0.1, 0.15) is 0 Å². The van der Waals surface area contributed by atoms with Crippen LogP contribution in [0.5, 0.6) is 0 Å². The lowest BCUT2D eigenvalue weighted by Gasteiger charge is -2.11. The zero-order chi connectivity index (χ0) is 8.73. The van der Waals surface area contributed by atoms with Gasteiger partial charge in [-0.1, -0.05) is 24.3 Å². The first-order chi connectivity index (χ1) is 6.38. The summed E-state index contributed by atoms with van der Waals surface area (Å²) >= 11 is 0. The molecule has 1 fully saturated rings. The van der Waals surface area contributed by atoms with Crippen LogP contribution in [-0.2, 0) is 13.0 Å². The first-order valence-electron chi connectivity index (χ1n) is 5.20. The number of hydrogen-bond acceptors (Lipinski definition) is 1. The van der Waals surface area contributed by atoms with E-state index in [1.54, 1.807) is 5.56 Å². The van der Waals surface area contributed by atoms with E-state index in [1.807, 2.05) is 0 Å². The van der Waals surface area contributed by atoms with Crippen LogP contribution in [0.25, 0.3) is 0 Å². The molecule has 0 atom stereocenters. The molecular weight excluding hydrogens is 158 g/mol. The number of rotatable bonds is 0. The maximum absolute atomic E-state index is 3.69. The van der Waals surface area contributed by atoms with Gasteiger partial charge in [0.2, 0.25) is 0 Å². The molecular formula is C12H15N. The van der Waals surface area contributed by atoms with Crippen molar-refractivity contribution in [2.24, 2.45) is 0 Å². The fourth-order valence-corrected chi connectivity index (χ4v) is 2.30. The number of fused-ring (bicyclic) bond motifs is 1. The number of aryl methyl sites for hydroxylation is 1. The highest BCUT2D eigenvalue weighted by atomic mass is 15.0.